The van der Waals surface area contributed by atoms with E-state index in [4.69, 9.17) is 4.74 Å². The van der Waals surface area contributed by atoms with Crippen molar-refractivity contribution in [1.29, 1.82) is 0 Å². The molecule has 5 nitrogen and oxygen atoms in total. The molecule has 0 bridgehead atoms. The number of pyridine rings is 2. The third kappa shape index (κ3) is 2.67. The van der Waals surface area contributed by atoms with E-state index >= 15 is 0 Å². The summed E-state index contributed by atoms with van der Waals surface area (Å²) in [7, 11) is 1.74. The van der Waals surface area contributed by atoms with Crippen molar-refractivity contribution in [1.82, 2.24) is 9.55 Å². The van der Waals surface area contributed by atoms with Gasteiger partial charge in [0.25, 0.3) is 0 Å². The van der Waals surface area contributed by atoms with Crippen LogP contribution in [0.2, 0.25) is 0 Å². The molecule has 0 unspecified atom stereocenters. The van der Waals surface area contributed by atoms with Gasteiger partial charge in [0.1, 0.15) is 5.56 Å². The fraction of sp³-hybridized carbons (Fsp3) is 0.250. The van der Waals surface area contributed by atoms with E-state index in [0.717, 1.165) is 0 Å². The molecule has 0 atom stereocenters. The van der Waals surface area contributed by atoms with Crippen molar-refractivity contribution in [3.05, 3.63) is 40.3 Å². The van der Waals surface area contributed by atoms with E-state index in [2.05, 4.69) is 11.2 Å². The molecule has 0 radical (unpaired) electrons. The van der Waals surface area contributed by atoms with Gasteiger partial charge < -0.3 is 19.1 Å². The maximum Gasteiger partial charge on any atom is 3.00 e. The summed E-state index contributed by atoms with van der Waals surface area (Å²) in [6.07, 6.45) is 4.05. The number of ether oxygens (including phenoxy) is 1. The standard InChI is InChI=1S/C12H11N2O3.Y/c1-3-17-12(16)8-7-14(2)9-5-4-6-13-10(9)11(8)15;/h4-5,7H,3H2,1-2H3;/q-1;+3. The van der Waals surface area contributed by atoms with Gasteiger partial charge in [-0.1, -0.05) is 6.20 Å². The molecule has 0 aliphatic carbocycles. The Labute approximate surface area is 129 Å². The minimum atomic E-state index is -0.624. The quantitative estimate of drug-likeness (QED) is 0.609. The van der Waals surface area contributed by atoms with Crippen LogP contribution in [0.4, 0.5) is 0 Å². The van der Waals surface area contributed by atoms with Crippen LogP contribution < -0.4 is 5.43 Å². The van der Waals surface area contributed by atoms with Crippen LogP contribution >= 0.6 is 0 Å². The summed E-state index contributed by atoms with van der Waals surface area (Å²) in [6.45, 7) is 1.92. The zero-order valence-corrected chi connectivity index (χ0v) is 13.0. The van der Waals surface area contributed by atoms with Crippen molar-refractivity contribution in [2.45, 2.75) is 6.92 Å². The summed E-state index contributed by atoms with van der Waals surface area (Å²) in [5.74, 6) is -0.624. The van der Waals surface area contributed by atoms with Gasteiger partial charge in [-0.15, -0.1) is 6.07 Å². The fourth-order valence-corrected chi connectivity index (χ4v) is 1.61. The summed E-state index contributed by atoms with van der Waals surface area (Å²) >= 11 is 0. The molecule has 0 saturated heterocycles. The molecule has 0 fully saturated rings. The molecule has 0 aromatic carbocycles. The van der Waals surface area contributed by atoms with Crippen molar-refractivity contribution < 1.29 is 42.2 Å². The van der Waals surface area contributed by atoms with Crippen molar-refractivity contribution >= 4 is 17.0 Å². The van der Waals surface area contributed by atoms with Gasteiger partial charge in [0.2, 0.25) is 0 Å². The first-order chi connectivity index (χ1) is 8.15. The molecule has 0 amide bonds. The molecule has 0 spiro atoms. The number of hydrogen-bond acceptors (Lipinski definition) is 4. The number of nitrogens with zero attached hydrogens (tertiary/aromatic N) is 2. The van der Waals surface area contributed by atoms with Crippen LogP contribution in [-0.2, 0) is 44.5 Å². The smallest absolute Gasteiger partial charge is 0.462 e. The number of carbonyl (C=O) groups is 1. The zero-order chi connectivity index (χ0) is 12.4. The molecule has 0 N–H and O–H groups in total. The predicted molar refractivity (Wildman–Crippen MR) is 61.8 cm³/mol. The van der Waals surface area contributed by atoms with Crippen molar-refractivity contribution in [3.63, 3.8) is 0 Å². The summed E-state index contributed by atoms with van der Waals surface area (Å²) in [6, 6.07) is 3.34. The van der Waals surface area contributed by atoms with Crippen molar-refractivity contribution in [2.24, 2.45) is 7.05 Å². The van der Waals surface area contributed by atoms with Gasteiger partial charge in [0.15, 0.2) is 5.43 Å². The molecule has 2 aromatic heterocycles. The Morgan fingerprint density at radius 2 is 2.28 bits per heavy atom. The number of aryl methyl sites for hydroxylation is 1. The second kappa shape index (κ2) is 6.20. The summed E-state index contributed by atoms with van der Waals surface area (Å²) in [4.78, 5) is 27.5. The third-order valence-electron chi connectivity index (χ3n) is 2.39. The van der Waals surface area contributed by atoms with Gasteiger partial charge in [-0.25, -0.2) is 4.79 Å². The van der Waals surface area contributed by atoms with Crippen molar-refractivity contribution in [2.75, 3.05) is 6.61 Å². The van der Waals surface area contributed by atoms with Crippen LogP contribution in [0.15, 0.2) is 23.1 Å². The Bertz CT molecular complexity index is 637. The molecule has 0 aliphatic heterocycles. The van der Waals surface area contributed by atoms with Gasteiger partial charge >= 0.3 is 38.7 Å². The van der Waals surface area contributed by atoms with E-state index in [-0.39, 0.29) is 50.4 Å². The normalized spacial score (nSPS) is 9.89. The van der Waals surface area contributed by atoms with E-state index in [0.29, 0.717) is 5.52 Å². The Morgan fingerprint density at radius 3 is 2.94 bits per heavy atom. The van der Waals surface area contributed by atoms with Crippen LogP contribution in [0.25, 0.3) is 11.0 Å². The zero-order valence-electron chi connectivity index (χ0n) is 10.1. The molecule has 2 aromatic rings. The molecule has 88 valence electrons. The first kappa shape index (κ1) is 15.0. The maximum atomic E-state index is 12.0. The predicted octanol–water partition coefficient (Wildman–Crippen LogP) is 0.908. The second-order valence-electron chi connectivity index (χ2n) is 3.51. The summed E-state index contributed by atoms with van der Waals surface area (Å²) in [5, 5.41) is 0. The van der Waals surface area contributed by atoms with Crippen LogP contribution in [0.5, 0.6) is 0 Å². The Morgan fingerprint density at radius 1 is 1.56 bits per heavy atom. The Hall–Kier alpha value is -1.07. The first-order valence-corrected chi connectivity index (χ1v) is 5.18. The van der Waals surface area contributed by atoms with E-state index in [1.165, 1.54) is 6.20 Å². The van der Waals surface area contributed by atoms with Crippen LogP contribution in [0.1, 0.15) is 17.3 Å². The number of carbonyl (C=O) groups excluding carboxylic acids is 1. The van der Waals surface area contributed by atoms with E-state index in [1.807, 2.05) is 0 Å². The molecule has 18 heavy (non-hydrogen) atoms. The summed E-state index contributed by atoms with van der Waals surface area (Å²) in [5.41, 5.74) is 0.449. The molecule has 0 saturated carbocycles. The van der Waals surface area contributed by atoms with Gasteiger partial charge in [-0.05, 0) is 12.4 Å². The maximum absolute atomic E-state index is 12.0. The summed E-state index contributed by atoms with van der Waals surface area (Å²) < 4.78 is 6.49. The number of hydrogen-bond donors (Lipinski definition) is 0. The Balaban J connectivity index is 0.00000162. The topological polar surface area (TPSA) is 61.2 Å². The molecular weight excluding hydrogens is 309 g/mol. The Kier molecular flexibility index (Phi) is 5.17. The van der Waals surface area contributed by atoms with Gasteiger partial charge in [-0.2, -0.15) is 6.07 Å². The largest absolute Gasteiger partial charge is 3.00 e. The van der Waals surface area contributed by atoms with E-state index < -0.39 is 11.4 Å². The fourth-order valence-electron chi connectivity index (χ4n) is 1.61. The SMILES string of the molecule is CCOC(=O)c1cn(C)c2cc[c-]nc2c1=O.[Y+3]. The molecule has 2 rings (SSSR count). The first-order valence-electron chi connectivity index (χ1n) is 5.18. The van der Waals surface area contributed by atoms with Gasteiger partial charge in [-0.3, -0.25) is 0 Å². The number of rotatable bonds is 2. The van der Waals surface area contributed by atoms with Gasteiger partial charge in [0, 0.05) is 18.8 Å². The molecule has 0 aliphatic rings. The van der Waals surface area contributed by atoms with E-state index in [1.54, 1.807) is 30.7 Å². The van der Waals surface area contributed by atoms with Gasteiger partial charge in [0.05, 0.1) is 6.61 Å². The molecule has 6 heteroatoms. The van der Waals surface area contributed by atoms with Crippen LogP contribution in [0, 0.1) is 6.20 Å². The molecular formula is C12H11N2O3Y+2. The average molecular weight is 320 g/mol. The number of esters is 1. The minimum absolute atomic E-state index is 0. The van der Waals surface area contributed by atoms with Crippen LogP contribution in [-0.4, -0.2) is 22.1 Å². The number of aromatic nitrogens is 2. The number of fused-ring (bicyclic) bond motifs is 1. The molecule has 2 heterocycles. The van der Waals surface area contributed by atoms with Crippen molar-refractivity contribution in [3.8, 4) is 0 Å². The monoisotopic (exact) mass is 320 g/mol. The third-order valence-corrected chi connectivity index (χ3v) is 2.39. The van der Waals surface area contributed by atoms with Crippen LogP contribution in [0.3, 0.4) is 0 Å². The second-order valence-corrected chi connectivity index (χ2v) is 3.51. The average Bonchev–Trinajstić information content (AvgIpc) is 2.34. The minimum Gasteiger partial charge on any atom is -0.462 e. The van der Waals surface area contributed by atoms with E-state index in [9.17, 15) is 9.59 Å².